The second-order valence-electron chi connectivity index (χ2n) is 13.1. The fraction of sp³-hybridized carbons (Fsp3) is 0. The van der Waals surface area contributed by atoms with Crippen LogP contribution < -0.4 is 0 Å². The van der Waals surface area contributed by atoms with Gasteiger partial charge in [-0.15, -0.1) is 21.5 Å². The molecule has 0 unspecified atom stereocenters. The van der Waals surface area contributed by atoms with E-state index < -0.39 is 0 Å². The summed E-state index contributed by atoms with van der Waals surface area (Å²) in [6.07, 6.45) is 2.18. The lowest BCUT2D eigenvalue weighted by Gasteiger charge is -2.14. The summed E-state index contributed by atoms with van der Waals surface area (Å²) in [5.74, 6) is 1.61. The molecule has 7 aromatic carbocycles. The molecule has 11 rings (SSSR count). The van der Waals surface area contributed by atoms with Gasteiger partial charge in [-0.25, -0.2) is 0 Å². The minimum Gasteiger partial charge on any atom is -0.316 e. The van der Waals surface area contributed by atoms with Gasteiger partial charge >= 0.3 is 0 Å². The van der Waals surface area contributed by atoms with E-state index in [0.717, 1.165) is 39.8 Å². The molecule has 0 N–H and O–H groups in total. The zero-order valence-corrected chi connectivity index (χ0v) is 28.7. The van der Waals surface area contributed by atoms with Crippen LogP contribution in [0.3, 0.4) is 0 Å². The maximum absolute atomic E-state index is 4.71. The second-order valence-corrected chi connectivity index (χ2v) is 14.2. The van der Waals surface area contributed by atoms with Crippen LogP contribution in [-0.4, -0.2) is 23.9 Å². The van der Waals surface area contributed by atoms with E-state index in [2.05, 4.69) is 153 Å². The Kier molecular flexibility index (Phi) is 6.35. The van der Waals surface area contributed by atoms with Crippen molar-refractivity contribution in [1.82, 2.24) is 23.9 Å². The van der Waals surface area contributed by atoms with Crippen LogP contribution in [0, 0.1) is 0 Å². The monoisotopic (exact) mass is 683 g/mol. The Morgan fingerprint density at radius 2 is 1.04 bits per heavy atom. The van der Waals surface area contributed by atoms with Crippen molar-refractivity contribution >= 4 is 64.2 Å². The van der Waals surface area contributed by atoms with Gasteiger partial charge in [-0.2, -0.15) is 0 Å². The van der Waals surface area contributed by atoms with Gasteiger partial charge < -0.3 is 9.13 Å². The molecule has 0 saturated carbocycles. The number of benzene rings is 7. The van der Waals surface area contributed by atoms with E-state index in [1.165, 1.54) is 52.9 Å². The zero-order valence-electron chi connectivity index (χ0n) is 27.9. The number of hydrogen-bond acceptors (Lipinski definition) is 3. The molecule has 0 atom stereocenters. The first-order chi connectivity index (χ1) is 25.8. The Labute approximate surface area is 302 Å². The Hall–Kier alpha value is -6.76. The summed E-state index contributed by atoms with van der Waals surface area (Å²) in [5, 5.41) is 15.7. The highest BCUT2D eigenvalue weighted by Crippen LogP contribution is 2.44. The first kappa shape index (κ1) is 29.0. The molecule has 0 aliphatic rings. The highest BCUT2D eigenvalue weighted by Gasteiger charge is 2.21. The third kappa shape index (κ3) is 4.35. The minimum atomic E-state index is 0.805. The molecular weight excluding hydrogens is 655 g/mol. The highest BCUT2D eigenvalue weighted by atomic mass is 32.1. The van der Waals surface area contributed by atoms with E-state index in [9.17, 15) is 0 Å². The number of fused-ring (bicyclic) bond motifs is 8. The molecule has 4 heterocycles. The SMILES string of the molecule is c1ccc(-c2nnc(-c3ccccc3)n2-c2ccc(-n3c4cc5c(ccn5-c5ccccc5)cc4c4ccc5sc6ccccc6c5c43)cc2)cc1. The van der Waals surface area contributed by atoms with Gasteiger partial charge in [0.15, 0.2) is 11.6 Å². The molecule has 11 aromatic rings. The molecule has 4 aromatic heterocycles. The topological polar surface area (TPSA) is 40.6 Å². The third-order valence-electron chi connectivity index (χ3n) is 10.2. The highest BCUT2D eigenvalue weighted by molar-refractivity contribution is 7.26. The summed E-state index contributed by atoms with van der Waals surface area (Å²) in [6, 6.07) is 60.4. The number of para-hydroxylation sites is 1. The smallest absolute Gasteiger partial charge is 0.168 e. The Morgan fingerprint density at radius 3 is 1.73 bits per heavy atom. The zero-order chi connectivity index (χ0) is 34.2. The predicted molar refractivity (Wildman–Crippen MR) is 216 cm³/mol. The van der Waals surface area contributed by atoms with E-state index in [0.29, 0.717) is 0 Å². The summed E-state index contributed by atoms with van der Waals surface area (Å²) in [4.78, 5) is 0. The van der Waals surface area contributed by atoms with E-state index >= 15 is 0 Å². The minimum absolute atomic E-state index is 0.805. The molecule has 52 heavy (non-hydrogen) atoms. The molecule has 0 bridgehead atoms. The van der Waals surface area contributed by atoms with Crippen molar-refractivity contribution in [2.45, 2.75) is 0 Å². The van der Waals surface area contributed by atoms with Gasteiger partial charge in [-0.3, -0.25) is 4.57 Å². The van der Waals surface area contributed by atoms with E-state index in [1.54, 1.807) is 0 Å². The van der Waals surface area contributed by atoms with E-state index in [1.807, 2.05) is 47.7 Å². The van der Waals surface area contributed by atoms with Crippen molar-refractivity contribution in [3.8, 4) is 39.8 Å². The van der Waals surface area contributed by atoms with Crippen LogP contribution >= 0.6 is 11.3 Å². The van der Waals surface area contributed by atoms with Crippen molar-refractivity contribution in [2.24, 2.45) is 0 Å². The largest absolute Gasteiger partial charge is 0.316 e. The lowest BCUT2D eigenvalue weighted by Crippen LogP contribution is -2.01. The maximum atomic E-state index is 4.71. The molecule has 6 heteroatoms. The van der Waals surface area contributed by atoms with Gasteiger partial charge in [0.05, 0.1) is 16.6 Å². The lowest BCUT2D eigenvalue weighted by atomic mass is 10.1. The molecule has 0 radical (unpaired) electrons. The predicted octanol–water partition coefficient (Wildman–Crippen LogP) is 12.0. The lowest BCUT2D eigenvalue weighted by molar-refractivity contribution is 1.07. The van der Waals surface area contributed by atoms with Crippen molar-refractivity contribution in [2.75, 3.05) is 0 Å². The summed E-state index contributed by atoms with van der Waals surface area (Å²) < 4.78 is 9.52. The number of hydrogen-bond donors (Lipinski definition) is 0. The van der Waals surface area contributed by atoms with Crippen molar-refractivity contribution in [1.29, 1.82) is 0 Å². The van der Waals surface area contributed by atoms with Gasteiger partial charge in [0.2, 0.25) is 0 Å². The van der Waals surface area contributed by atoms with Crippen LogP contribution in [0.5, 0.6) is 0 Å². The Bertz CT molecular complexity index is 3040. The van der Waals surface area contributed by atoms with Crippen LogP contribution in [0.1, 0.15) is 0 Å². The summed E-state index contributed by atoms with van der Waals surface area (Å²) in [5.41, 5.74) is 8.85. The molecule has 0 spiro atoms. The van der Waals surface area contributed by atoms with Gasteiger partial charge in [0, 0.05) is 70.7 Å². The Balaban J connectivity index is 1.18. The summed E-state index contributed by atoms with van der Waals surface area (Å²) in [7, 11) is 0. The number of thiophene rings is 1. The molecular formula is C46H29N5S. The molecule has 0 amide bonds. The molecule has 244 valence electrons. The number of nitrogens with zero attached hydrogens (tertiary/aromatic N) is 5. The summed E-state index contributed by atoms with van der Waals surface area (Å²) in [6.45, 7) is 0. The normalized spacial score (nSPS) is 11.8. The number of aromatic nitrogens is 5. The van der Waals surface area contributed by atoms with E-state index in [4.69, 9.17) is 10.2 Å². The third-order valence-corrected chi connectivity index (χ3v) is 11.3. The van der Waals surface area contributed by atoms with Crippen molar-refractivity contribution in [3.05, 3.63) is 176 Å². The van der Waals surface area contributed by atoms with Gasteiger partial charge in [0.1, 0.15) is 0 Å². The van der Waals surface area contributed by atoms with Crippen LogP contribution in [0.4, 0.5) is 0 Å². The average molecular weight is 684 g/mol. The van der Waals surface area contributed by atoms with Crippen LogP contribution in [0.15, 0.2) is 176 Å². The van der Waals surface area contributed by atoms with Crippen LogP contribution in [-0.2, 0) is 0 Å². The standard InChI is InChI=1S/C46H29N5S/c1-4-12-30(13-5-1)45-47-48-46(31-14-6-2-7-15-31)51(45)35-22-20-34(21-23-35)50-40-29-39-32(26-27-49(39)33-16-8-3-9-17-33)28-38(40)36-24-25-42-43(44(36)50)37-18-10-11-19-41(37)52-42/h1-29H. The molecule has 0 fully saturated rings. The maximum Gasteiger partial charge on any atom is 0.168 e. The molecule has 0 aliphatic heterocycles. The molecule has 5 nitrogen and oxygen atoms in total. The van der Waals surface area contributed by atoms with Crippen molar-refractivity contribution in [3.63, 3.8) is 0 Å². The number of rotatable bonds is 5. The van der Waals surface area contributed by atoms with Crippen LogP contribution in [0.25, 0.3) is 92.7 Å². The summed E-state index contributed by atoms with van der Waals surface area (Å²) >= 11 is 1.86. The fourth-order valence-corrected chi connectivity index (χ4v) is 8.96. The van der Waals surface area contributed by atoms with Gasteiger partial charge in [-0.1, -0.05) is 103 Å². The fourth-order valence-electron chi connectivity index (χ4n) is 7.85. The molecule has 0 aliphatic carbocycles. The average Bonchev–Trinajstić information content (AvgIpc) is 4.00. The van der Waals surface area contributed by atoms with Crippen molar-refractivity contribution < 1.29 is 0 Å². The van der Waals surface area contributed by atoms with Crippen LogP contribution in [0.2, 0.25) is 0 Å². The first-order valence-electron chi connectivity index (χ1n) is 17.4. The Morgan fingerprint density at radius 1 is 0.423 bits per heavy atom. The quantitative estimate of drug-likeness (QED) is 0.181. The first-order valence-corrected chi connectivity index (χ1v) is 18.2. The molecule has 0 saturated heterocycles. The van der Waals surface area contributed by atoms with Gasteiger partial charge in [0.25, 0.3) is 0 Å². The second kappa shape index (κ2) is 11.4. The van der Waals surface area contributed by atoms with E-state index in [-0.39, 0.29) is 0 Å². The van der Waals surface area contributed by atoms with Gasteiger partial charge in [-0.05, 0) is 66.7 Å².